The van der Waals surface area contributed by atoms with E-state index in [-0.39, 0.29) is 12.1 Å². The van der Waals surface area contributed by atoms with Crippen LogP contribution in [0.1, 0.15) is 30.5 Å². The molecule has 0 aliphatic carbocycles. The maximum Gasteiger partial charge on any atom is 0.174 e. The van der Waals surface area contributed by atoms with Gasteiger partial charge in [0.15, 0.2) is 5.11 Å². The Kier molecular flexibility index (Phi) is 6.77. The topological polar surface area (TPSA) is 69.0 Å². The van der Waals surface area contributed by atoms with Crippen molar-refractivity contribution in [2.75, 3.05) is 25.7 Å². The number of aromatic nitrogens is 1. The lowest BCUT2D eigenvalue weighted by Crippen LogP contribution is -2.29. The second-order valence-electron chi connectivity index (χ2n) is 8.19. The van der Waals surface area contributed by atoms with Gasteiger partial charge >= 0.3 is 0 Å². The minimum atomic E-state index is -0.300. The zero-order valence-electron chi connectivity index (χ0n) is 20.3. The molecule has 0 radical (unpaired) electrons. The molecule has 1 N–H and O–H groups in total. The highest BCUT2D eigenvalue weighted by molar-refractivity contribution is 7.80. The van der Waals surface area contributed by atoms with Gasteiger partial charge in [0.2, 0.25) is 0 Å². The molecule has 2 aromatic carbocycles. The first-order valence-corrected chi connectivity index (χ1v) is 12.1. The highest BCUT2D eigenvalue weighted by Crippen LogP contribution is 2.46. The normalized spacial score (nSPS) is 17.1. The number of nitrogens with zero attached hydrogens (tertiary/aromatic N) is 2. The third-order valence-corrected chi connectivity index (χ3v) is 6.43. The molecule has 0 amide bonds. The average Bonchev–Trinajstić information content (AvgIpc) is 3.54. The molecule has 5 rings (SSSR count). The molecule has 1 saturated heterocycles. The summed E-state index contributed by atoms with van der Waals surface area (Å²) in [6.45, 7) is 2.59. The summed E-state index contributed by atoms with van der Waals surface area (Å²) in [4.78, 5) is 6.63. The molecule has 0 unspecified atom stereocenters. The van der Waals surface area contributed by atoms with Gasteiger partial charge in [0.1, 0.15) is 34.8 Å². The predicted octanol–water partition coefficient (Wildman–Crippen LogP) is 5.93. The van der Waals surface area contributed by atoms with Crippen molar-refractivity contribution in [2.24, 2.45) is 0 Å². The number of methoxy groups -OCH3 is 2. The van der Waals surface area contributed by atoms with Gasteiger partial charge in [-0.1, -0.05) is 6.07 Å². The van der Waals surface area contributed by atoms with Gasteiger partial charge in [-0.3, -0.25) is 4.98 Å². The van der Waals surface area contributed by atoms with Crippen LogP contribution < -0.4 is 24.4 Å². The Labute approximate surface area is 215 Å². The van der Waals surface area contributed by atoms with E-state index in [1.807, 2.05) is 84.6 Å². The number of anilines is 1. The first-order valence-electron chi connectivity index (χ1n) is 11.7. The monoisotopic (exact) mass is 501 g/mol. The lowest BCUT2D eigenvalue weighted by Gasteiger charge is -2.27. The van der Waals surface area contributed by atoms with Crippen LogP contribution in [0.25, 0.3) is 11.3 Å². The Morgan fingerprint density at radius 1 is 0.972 bits per heavy atom. The molecule has 8 heteroatoms. The molecule has 7 nitrogen and oxygen atoms in total. The minimum Gasteiger partial charge on any atom is -0.497 e. The third kappa shape index (κ3) is 4.47. The molecule has 1 fully saturated rings. The molecule has 2 aromatic heterocycles. The molecule has 36 heavy (non-hydrogen) atoms. The van der Waals surface area contributed by atoms with Crippen molar-refractivity contribution in [3.8, 4) is 28.6 Å². The van der Waals surface area contributed by atoms with E-state index in [1.165, 1.54) is 0 Å². The maximum atomic E-state index is 6.45. The number of ether oxygens (including phenoxy) is 3. The van der Waals surface area contributed by atoms with Crippen molar-refractivity contribution in [1.82, 2.24) is 10.3 Å². The summed E-state index contributed by atoms with van der Waals surface area (Å²) < 4.78 is 23.1. The van der Waals surface area contributed by atoms with E-state index in [1.54, 1.807) is 20.4 Å². The number of nitrogens with one attached hydrogen (secondary N) is 1. The van der Waals surface area contributed by atoms with E-state index < -0.39 is 0 Å². The van der Waals surface area contributed by atoms with E-state index in [9.17, 15) is 0 Å². The van der Waals surface area contributed by atoms with Crippen LogP contribution in [0.5, 0.6) is 17.2 Å². The largest absolute Gasteiger partial charge is 0.497 e. The Bertz CT molecular complexity index is 1340. The molecular weight excluding hydrogens is 474 g/mol. The van der Waals surface area contributed by atoms with E-state index in [4.69, 9.17) is 30.8 Å². The Hall–Kier alpha value is -4.04. The second kappa shape index (κ2) is 10.3. The quantitative estimate of drug-likeness (QED) is 0.298. The van der Waals surface area contributed by atoms with Crippen LogP contribution in [-0.4, -0.2) is 30.9 Å². The number of thiocarbonyl (C=S) groups is 1. The van der Waals surface area contributed by atoms with Gasteiger partial charge < -0.3 is 28.8 Å². The van der Waals surface area contributed by atoms with Gasteiger partial charge in [0.25, 0.3) is 0 Å². The molecule has 184 valence electrons. The van der Waals surface area contributed by atoms with Gasteiger partial charge in [-0.05, 0) is 79.8 Å². The lowest BCUT2D eigenvalue weighted by molar-refractivity contribution is 0.340. The summed E-state index contributed by atoms with van der Waals surface area (Å²) in [6, 6.07) is 22.8. The van der Waals surface area contributed by atoms with Crippen molar-refractivity contribution in [1.29, 1.82) is 0 Å². The summed E-state index contributed by atoms with van der Waals surface area (Å²) in [5.74, 6) is 3.67. The van der Waals surface area contributed by atoms with E-state index >= 15 is 0 Å². The number of furan rings is 1. The summed E-state index contributed by atoms with van der Waals surface area (Å²) in [5, 5.41) is 4.00. The molecular formula is C28H27N3O4S. The Morgan fingerprint density at radius 3 is 2.47 bits per heavy atom. The Morgan fingerprint density at radius 2 is 1.78 bits per heavy atom. The summed E-state index contributed by atoms with van der Waals surface area (Å²) in [5.41, 5.74) is 2.62. The molecule has 2 atom stereocenters. The standard InChI is InChI=1S/C28H27N3O4S/c1-4-34-19-10-8-18(9-11-19)23-14-15-24(35-23)27-26(21-7-5-6-16-29-21)30-28(36)31(27)22-13-12-20(32-2)17-25(22)33-3/h5-17,26-27H,4H2,1-3H3,(H,30,36)/t26-,27-/m0/s1. The smallest absolute Gasteiger partial charge is 0.174 e. The van der Waals surface area contributed by atoms with Crippen LogP contribution >= 0.6 is 12.2 Å². The molecule has 0 bridgehead atoms. The van der Waals surface area contributed by atoms with Crippen molar-refractivity contribution >= 4 is 23.0 Å². The number of pyridine rings is 1. The maximum absolute atomic E-state index is 6.45. The summed E-state index contributed by atoms with van der Waals surface area (Å²) >= 11 is 5.83. The third-order valence-electron chi connectivity index (χ3n) is 6.11. The lowest BCUT2D eigenvalue weighted by atomic mass is 10.0. The summed E-state index contributed by atoms with van der Waals surface area (Å²) in [6.07, 6.45) is 1.78. The van der Waals surface area contributed by atoms with E-state index in [0.717, 1.165) is 34.2 Å². The van der Waals surface area contributed by atoms with Crippen LogP contribution in [0.15, 0.2) is 83.4 Å². The van der Waals surface area contributed by atoms with Crippen molar-refractivity contribution in [3.05, 3.63) is 90.4 Å². The molecule has 3 heterocycles. The average molecular weight is 502 g/mol. The molecule has 0 spiro atoms. The molecule has 0 saturated carbocycles. The van der Waals surface area contributed by atoms with Crippen molar-refractivity contribution in [3.63, 3.8) is 0 Å². The number of rotatable bonds is 8. The minimum absolute atomic E-state index is 0.232. The van der Waals surface area contributed by atoms with Gasteiger partial charge in [0, 0.05) is 17.8 Å². The van der Waals surface area contributed by atoms with Gasteiger partial charge in [-0.2, -0.15) is 0 Å². The fraction of sp³-hybridized carbons (Fsp3) is 0.214. The highest BCUT2D eigenvalue weighted by atomic mass is 32.1. The second-order valence-corrected chi connectivity index (χ2v) is 8.58. The van der Waals surface area contributed by atoms with Gasteiger partial charge in [-0.15, -0.1) is 0 Å². The van der Waals surface area contributed by atoms with Gasteiger partial charge in [-0.25, -0.2) is 0 Å². The van der Waals surface area contributed by atoms with Gasteiger partial charge in [0.05, 0.1) is 38.2 Å². The van der Waals surface area contributed by atoms with Crippen LogP contribution in [0, 0.1) is 0 Å². The van der Waals surface area contributed by atoms with E-state index in [2.05, 4.69) is 10.3 Å². The predicted molar refractivity (Wildman–Crippen MR) is 143 cm³/mol. The summed E-state index contributed by atoms with van der Waals surface area (Å²) in [7, 11) is 3.26. The molecule has 1 aliphatic heterocycles. The fourth-order valence-electron chi connectivity index (χ4n) is 4.44. The zero-order valence-corrected chi connectivity index (χ0v) is 21.1. The first-order chi connectivity index (χ1) is 17.6. The Balaban J connectivity index is 1.57. The number of hydrogen-bond acceptors (Lipinski definition) is 6. The van der Waals surface area contributed by atoms with Crippen LogP contribution in [0.4, 0.5) is 5.69 Å². The molecule has 4 aromatic rings. The highest BCUT2D eigenvalue weighted by Gasteiger charge is 2.43. The fourth-order valence-corrected chi connectivity index (χ4v) is 4.78. The van der Waals surface area contributed by atoms with E-state index in [0.29, 0.717) is 23.2 Å². The van der Waals surface area contributed by atoms with Crippen molar-refractivity contribution in [2.45, 2.75) is 19.0 Å². The van der Waals surface area contributed by atoms with Crippen molar-refractivity contribution < 1.29 is 18.6 Å². The van der Waals surface area contributed by atoms with Crippen LogP contribution in [0.2, 0.25) is 0 Å². The molecule has 1 aliphatic rings. The number of hydrogen-bond donors (Lipinski definition) is 1. The van der Waals surface area contributed by atoms with Crippen LogP contribution in [0.3, 0.4) is 0 Å². The number of benzene rings is 2. The zero-order chi connectivity index (χ0) is 25.1. The SMILES string of the molecule is CCOc1ccc(-c2ccc([C@H]3[C@H](c4ccccn4)NC(=S)N3c3ccc(OC)cc3OC)o2)cc1. The van der Waals surface area contributed by atoms with Crippen LogP contribution in [-0.2, 0) is 0 Å². The first kappa shape index (κ1) is 23.7.